The molecule has 6 nitrogen and oxygen atoms in total. The van der Waals surface area contributed by atoms with Gasteiger partial charge in [0.15, 0.2) is 5.69 Å². The normalized spacial score (nSPS) is 9.50. The molecule has 0 aliphatic heterocycles. The summed E-state index contributed by atoms with van der Waals surface area (Å²) < 4.78 is 5.34. The number of carboxylic acids is 1. The Morgan fingerprint density at radius 3 is 2.44 bits per heavy atom. The first-order valence-electron chi connectivity index (χ1n) is 4.92. The molecule has 6 heteroatoms. The van der Waals surface area contributed by atoms with E-state index in [4.69, 9.17) is 15.1 Å². The SMILES string of the molecule is N#Cc1ccc(Oc2cnc(C(=O)O)cn2)cc1. The van der Waals surface area contributed by atoms with Crippen LogP contribution in [-0.2, 0) is 0 Å². The summed E-state index contributed by atoms with van der Waals surface area (Å²) in [5.74, 6) is -0.469. The van der Waals surface area contributed by atoms with E-state index in [1.807, 2.05) is 6.07 Å². The van der Waals surface area contributed by atoms with Gasteiger partial charge in [-0.15, -0.1) is 0 Å². The van der Waals surface area contributed by atoms with E-state index in [0.717, 1.165) is 6.20 Å². The van der Waals surface area contributed by atoms with E-state index >= 15 is 0 Å². The van der Waals surface area contributed by atoms with E-state index < -0.39 is 5.97 Å². The van der Waals surface area contributed by atoms with Crippen molar-refractivity contribution in [3.8, 4) is 17.7 Å². The first kappa shape index (κ1) is 11.5. The quantitative estimate of drug-likeness (QED) is 0.880. The van der Waals surface area contributed by atoms with Crippen molar-refractivity contribution >= 4 is 5.97 Å². The lowest BCUT2D eigenvalue weighted by atomic mass is 10.2. The van der Waals surface area contributed by atoms with Crippen LogP contribution in [0, 0.1) is 11.3 Å². The topological polar surface area (TPSA) is 96.1 Å². The highest BCUT2D eigenvalue weighted by molar-refractivity contribution is 5.84. The Morgan fingerprint density at radius 2 is 1.94 bits per heavy atom. The van der Waals surface area contributed by atoms with Crippen LogP contribution in [0.2, 0.25) is 0 Å². The van der Waals surface area contributed by atoms with Gasteiger partial charge in [0.2, 0.25) is 5.88 Å². The van der Waals surface area contributed by atoms with Crippen LogP contribution >= 0.6 is 0 Å². The summed E-state index contributed by atoms with van der Waals surface area (Å²) in [5, 5.41) is 17.3. The summed E-state index contributed by atoms with van der Waals surface area (Å²) in [5.41, 5.74) is 0.372. The fourth-order valence-electron chi connectivity index (χ4n) is 1.20. The fourth-order valence-corrected chi connectivity index (χ4v) is 1.20. The molecule has 0 unspecified atom stereocenters. The van der Waals surface area contributed by atoms with Gasteiger partial charge in [0.1, 0.15) is 5.75 Å². The number of nitriles is 1. The van der Waals surface area contributed by atoms with Crippen molar-refractivity contribution in [2.24, 2.45) is 0 Å². The molecule has 1 aromatic carbocycles. The number of hydrogen-bond acceptors (Lipinski definition) is 5. The van der Waals surface area contributed by atoms with Gasteiger partial charge in [0.25, 0.3) is 0 Å². The Hall–Kier alpha value is -2.94. The zero-order valence-electron chi connectivity index (χ0n) is 9.07. The van der Waals surface area contributed by atoms with Crippen molar-refractivity contribution in [1.29, 1.82) is 5.26 Å². The number of rotatable bonds is 3. The summed E-state index contributed by atoms with van der Waals surface area (Å²) in [7, 11) is 0. The van der Waals surface area contributed by atoms with Gasteiger partial charge in [-0.1, -0.05) is 0 Å². The molecule has 0 aliphatic rings. The molecule has 0 spiro atoms. The van der Waals surface area contributed by atoms with Crippen molar-refractivity contribution in [3.63, 3.8) is 0 Å². The molecule has 1 N–H and O–H groups in total. The average Bonchev–Trinajstić information content (AvgIpc) is 2.40. The van der Waals surface area contributed by atoms with Crippen molar-refractivity contribution in [3.05, 3.63) is 47.9 Å². The molecule has 0 bridgehead atoms. The van der Waals surface area contributed by atoms with Crippen molar-refractivity contribution in [2.75, 3.05) is 0 Å². The molecule has 1 heterocycles. The molecule has 0 atom stereocenters. The Bertz CT molecular complexity index is 600. The van der Waals surface area contributed by atoms with Gasteiger partial charge < -0.3 is 9.84 Å². The smallest absolute Gasteiger partial charge is 0.356 e. The molecule has 2 rings (SSSR count). The predicted molar refractivity (Wildman–Crippen MR) is 60.2 cm³/mol. The number of hydrogen-bond donors (Lipinski definition) is 1. The molecule has 0 saturated heterocycles. The van der Waals surface area contributed by atoms with Crippen LogP contribution in [0.4, 0.5) is 0 Å². The molecule has 18 heavy (non-hydrogen) atoms. The highest BCUT2D eigenvalue weighted by Gasteiger charge is 2.05. The van der Waals surface area contributed by atoms with Gasteiger partial charge in [0.05, 0.1) is 24.0 Å². The maximum atomic E-state index is 10.6. The van der Waals surface area contributed by atoms with Crippen LogP contribution in [0.15, 0.2) is 36.7 Å². The lowest BCUT2D eigenvalue weighted by molar-refractivity contribution is 0.0690. The molecule has 0 saturated carbocycles. The first-order valence-corrected chi connectivity index (χ1v) is 4.92. The molecule has 88 valence electrons. The number of aromatic carboxylic acids is 1. The van der Waals surface area contributed by atoms with Crippen LogP contribution in [0.1, 0.15) is 16.1 Å². The van der Waals surface area contributed by atoms with Gasteiger partial charge in [-0.25, -0.2) is 14.8 Å². The molecular weight excluding hydrogens is 234 g/mol. The second-order valence-corrected chi connectivity index (χ2v) is 3.28. The molecule has 1 aromatic heterocycles. The largest absolute Gasteiger partial charge is 0.476 e. The number of aromatic nitrogens is 2. The lowest BCUT2D eigenvalue weighted by Gasteiger charge is -2.03. The predicted octanol–water partition coefficient (Wildman–Crippen LogP) is 1.84. The monoisotopic (exact) mass is 241 g/mol. The van der Waals surface area contributed by atoms with Gasteiger partial charge in [-0.3, -0.25) is 0 Å². The van der Waals surface area contributed by atoms with Crippen LogP contribution in [-0.4, -0.2) is 21.0 Å². The molecule has 0 aliphatic carbocycles. The number of benzene rings is 1. The van der Waals surface area contributed by atoms with Crippen molar-refractivity contribution in [2.45, 2.75) is 0 Å². The summed E-state index contributed by atoms with van der Waals surface area (Å²) in [4.78, 5) is 18.0. The summed E-state index contributed by atoms with van der Waals surface area (Å²) in [6.07, 6.45) is 2.34. The van der Waals surface area contributed by atoms with E-state index in [0.29, 0.717) is 11.3 Å². The maximum absolute atomic E-state index is 10.6. The summed E-state index contributed by atoms with van der Waals surface area (Å²) in [6, 6.07) is 8.43. The maximum Gasteiger partial charge on any atom is 0.356 e. The second-order valence-electron chi connectivity index (χ2n) is 3.28. The minimum Gasteiger partial charge on any atom is -0.476 e. The third-order valence-electron chi connectivity index (χ3n) is 2.05. The fraction of sp³-hybridized carbons (Fsp3) is 0. The Labute approximate surface area is 102 Å². The second kappa shape index (κ2) is 4.93. The van der Waals surface area contributed by atoms with E-state index in [9.17, 15) is 4.79 Å². The third kappa shape index (κ3) is 2.59. The highest BCUT2D eigenvalue weighted by Crippen LogP contribution is 2.18. The standard InChI is InChI=1S/C12H7N3O3/c13-5-8-1-3-9(4-2-8)18-11-7-14-10(6-15-11)12(16)17/h1-4,6-7H,(H,16,17). The molecular formula is C12H7N3O3. The van der Waals surface area contributed by atoms with Crippen LogP contribution in [0.5, 0.6) is 11.6 Å². The molecule has 0 amide bonds. The Kier molecular flexibility index (Phi) is 3.16. The van der Waals surface area contributed by atoms with E-state index in [1.54, 1.807) is 24.3 Å². The molecule has 0 radical (unpaired) electrons. The Morgan fingerprint density at radius 1 is 1.22 bits per heavy atom. The number of ether oxygens (including phenoxy) is 1. The minimum absolute atomic E-state index is 0.151. The first-order chi connectivity index (χ1) is 8.69. The zero-order valence-corrected chi connectivity index (χ0v) is 9.07. The van der Waals surface area contributed by atoms with E-state index in [1.165, 1.54) is 6.20 Å². The van der Waals surface area contributed by atoms with E-state index in [-0.39, 0.29) is 11.6 Å². The average molecular weight is 241 g/mol. The summed E-state index contributed by atoms with van der Waals surface area (Å²) in [6.45, 7) is 0. The van der Waals surface area contributed by atoms with Gasteiger partial charge >= 0.3 is 5.97 Å². The highest BCUT2D eigenvalue weighted by atomic mass is 16.5. The minimum atomic E-state index is -1.15. The zero-order chi connectivity index (χ0) is 13.0. The van der Waals surface area contributed by atoms with Crippen LogP contribution in [0.25, 0.3) is 0 Å². The number of nitrogens with zero attached hydrogens (tertiary/aromatic N) is 3. The lowest BCUT2D eigenvalue weighted by Crippen LogP contribution is -2.01. The number of carboxylic acid groups (broad SMARTS) is 1. The van der Waals surface area contributed by atoms with Crippen LogP contribution < -0.4 is 4.74 Å². The summed E-state index contributed by atoms with van der Waals surface area (Å²) >= 11 is 0. The molecule has 2 aromatic rings. The third-order valence-corrected chi connectivity index (χ3v) is 2.05. The molecule has 0 fully saturated rings. The van der Waals surface area contributed by atoms with Gasteiger partial charge in [0, 0.05) is 0 Å². The van der Waals surface area contributed by atoms with Gasteiger partial charge in [-0.05, 0) is 24.3 Å². The van der Waals surface area contributed by atoms with Gasteiger partial charge in [-0.2, -0.15) is 5.26 Å². The van der Waals surface area contributed by atoms with Crippen molar-refractivity contribution < 1.29 is 14.6 Å². The van der Waals surface area contributed by atoms with Crippen LogP contribution in [0.3, 0.4) is 0 Å². The Balaban J connectivity index is 2.13. The number of carbonyl (C=O) groups is 1. The van der Waals surface area contributed by atoms with Crippen molar-refractivity contribution in [1.82, 2.24) is 9.97 Å². The van der Waals surface area contributed by atoms with E-state index in [2.05, 4.69) is 9.97 Å².